The third-order valence-electron chi connectivity index (χ3n) is 5.12. The highest BCUT2D eigenvalue weighted by atomic mass is 16.5. The average molecular weight is 399 g/mol. The third kappa shape index (κ3) is 6.32. The summed E-state index contributed by atoms with van der Waals surface area (Å²) in [4.78, 5) is 17.0. The highest BCUT2D eigenvalue weighted by Gasteiger charge is 2.24. The van der Waals surface area contributed by atoms with Gasteiger partial charge in [0.2, 0.25) is 0 Å². The molecule has 3 rings (SSSR count). The lowest BCUT2D eigenvalue weighted by Crippen LogP contribution is -2.42. The van der Waals surface area contributed by atoms with Crippen LogP contribution in [-0.4, -0.2) is 58.7 Å². The first-order valence-electron chi connectivity index (χ1n) is 10.4. The Bertz CT molecular complexity index is 816. The maximum atomic E-state index is 12.8. The number of likely N-dealkylation sites (tertiary alicyclic amines) is 1. The van der Waals surface area contributed by atoms with Crippen LogP contribution < -0.4 is 4.74 Å². The number of hydrogen-bond acceptors (Lipinski definition) is 4. The van der Waals surface area contributed by atoms with Crippen LogP contribution in [0.4, 0.5) is 0 Å². The Morgan fingerprint density at radius 2 is 2.00 bits per heavy atom. The van der Waals surface area contributed by atoms with Gasteiger partial charge in [0.15, 0.2) is 0 Å². The first kappa shape index (κ1) is 21.4. The number of aromatic nitrogens is 2. The highest BCUT2D eigenvalue weighted by molar-refractivity contribution is 5.94. The standard InChI is InChI=1S/C23H34N4O2/c1-17-13-19(25-24-17)15-26(5)22(28)18-7-6-8-21(14-18)29-20-9-11-27(12-10-20)16-23(2,3)4/h6-8,13-14,20H,9-12,15-16H2,1-5H3,(H,24,25). The number of hydrogen-bond donors (Lipinski definition) is 1. The largest absolute Gasteiger partial charge is 0.490 e. The van der Waals surface area contributed by atoms with Gasteiger partial charge in [-0.05, 0) is 49.4 Å². The number of benzene rings is 1. The normalized spacial score (nSPS) is 16.0. The summed E-state index contributed by atoms with van der Waals surface area (Å²) in [6, 6.07) is 9.48. The van der Waals surface area contributed by atoms with Gasteiger partial charge in [-0.3, -0.25) is 9.89 Å². The van der Waals surface area contributed by atoms with Gasteiger partial charge >= 0.3 is 0 Å². The van der Waals surface area contributed by atoms with Crippen molar-refractivity contribution in [1.29, 1.82) is 0 Å². The quantitative estimate of drug-likeness (QED) is 0.802. The van der Waals surface area contributed by atoms with Crippen LogP contribution in [0.25, 0.3) is 0 Å². The number of nitrogens with zero attached hydrogens (tertiary/aromatic N) is 3. The highest BCUT2D eigenvalue weighted by Crippen LogP contribution is 2.23. The monoisotopic (exact) mass is 398 g/mol. The fourth-order valence-electron chi connectivity index (χ4n) is 3.84. The van der Waals surface area contributed by atoms with E-state index in [4.69, 9.17) is 4.74 Å². The average Bonchev–Trinajstić information content (AvgIpc) is 3.06. The fourth-order valence-corrected chi connectivity index (χ4v) is 3.84. The van der Waals surface area contributed by atoms with Crippen LogP contribution in [-0.2, 0) is 6.54 Å². The van der Waals surface area contributed by atoms with Crippen molar-refractivity contribution in [2.24, 2.45) is 5.41 Å². The molecule has 1 amide bonds. The smallest absolute Gasteiger partial charge is 0.254 e. The molecular weight excluding hydrogens is 364 g/mol. The van der Waals surface area contributed by atoms with E-state index in [1.54, 1.807) is 11.9 Å². The molecule has 158 valence electrons. The molecule has 0 radical (unpaired) electrons. The molecule has 1 saturated heterocycles. The summed E-state index contributed by atoms with van der Waals surface area (Å²) in [6.07, 6.45) is 2.25. The van der Waals surface area contributed by atoms with Crippen molar-refractivity contribution in [2.45, 2.75) is 53.2 Å². The summed E-state index contributed by atoms with van der Waals surface area (Å²) in [5, 5.41) is 7.12. The summed E-state index contributed by atoms with van der Waals surface area (Å²) >= 11 is 0. The second-order valence-corrected chi connectivity index (χ2v) is 9.39. The summed E-state index contributed by atoms with van der Waals surface area (Å²) in [6.45, 7) is 12.5. The van der Waals surface area contributed by atoms with Crippen LogP contribution in [0.1, 0.15) is 55.4 Å². The number of aryl methyl sites for hydroxylation is 1. The number of piperidine rings is 1. The Labute approximate surface area is 174 Å². The number of ether oxygens (including phenoxy) is 1. The lowest BCUT2D eigenvalue weighted by molar-refractivity contribution is 0.0772. The number of H-pyrrole nitrogens is 1. The van der Waals surface area contributed by atoms with E-state index in [9.17, 15) is 4.79 Å². The van der Waals surface area contributed by atoms with Crippen molar-refractivity contribution in [2.75, 3.05) is 26.7 Å². The number of aromatic amines is 1. The van der Waals surface area contributed by atoms with Gasteiger partial charge in [0.1, 0.15) is 11.9 Å². The van der Waals surface area contributed by atoms with Crippen molar-refractivity contribution in [3.63, 3.8) is 0 Å². The molecule has 29 heavy (non-hydrogen) atoms. The Morgan fingerprint density at radius 3 is 2.62 bits per heavy atom. The molecule has 2 aromatic rings. The summed E-state index contributed by atoms with van der Waals surface area (Å²) < 4.78 is 6.21. The van der Waals surface area contributed by atoms with Gasteiger partial charge in [0.25, 0.3) is 5.91 Å². The second kappa shape index (κ2) is 8.99. The third-order valence-corrected chi connectivity index (χ3v) is 5.12. The molecule has 1 aliphatic rings. The van der Waals surface area contributed by atoms with Gasteiger partial charge in [-0.1, -0.05) is 26.8 Å². The van der Waals surface area contributed by atoms with E-state index in [1.807, 2.05) is 37.3 Å². The number of carbonyl (C=O) groups excluding carboxylic acids is 1. The molecule has 6 nitrogen and oxygen atoms in total. The minimum absolute atomic E-state index is 0.0314. The number of rotatable bonds is 6. The maximum absolute atomic E-state index is 12.8. The molecule has 0 saturated carbocycles. The van der Waals surface area contributed by atoms with Crippen molar-refractivity contribution < 1.29 is 9.53 Å². The predicted molar refractivity (Wildman–Crippen MR) is 115 cm³/mol. The second-order valence-electron chi connectivity index (χ2n) is 9.39. The van der Waals surface area contributed by atoms with E-state index < -0.39 is 0 Å². The minimum atomic E-state index is -0.0314. The van der Waals surface area contributed by atoms with Gasteiger partial charge in [0, 0.05) is 37.9 Å². The van der Waals surface area contributed by atoms with Gasteiger partial charge < -0.3 is 14.5 Å². The van der Waals surface area contributed by atoms with Crippen LogP contribution in [0, 0.1) is 12.3 Å². The zero-order valence-electron chi connectivity index (χ0n) is 18.4. The first-order chi connectivity index (χ1) is 13.7. The molecular formula is C23H34N4O2. The first-order valence-corrected chi connectivity index (χ1v) is 10.4. The number of nitrogens with one attached hydrogen (secondary N) is 1. The number of amides is 1. The lowest BCUT2D eigenvalue weighted by Gasteiger charge is -2.36. The molecule has 1 aromatic heterocycles. The Morgan fingerprint density at radius 1 is 1.28 bits per heavy atom. The Balaban J connectivity index is 1.55. The van der Waals surface area contributed by atoms with Gasteiger partial charge in [0.05, 0.1) is 12.2 Å². The zero-order chi connectivity index (χ0) is 21.0. The van der Waals surface area contributed by atoms with E-state index in [2.05, 4.69) is 35.9 Å². The molecule has 2 heterocycles. The van der Waals surface area contributed by atoms with E-state index in [0.717, 1.165) is 49.6 Å². The lowest BCUT2D eigenvalue weighted by atomic mass is 9.94. The zero-order valence-corrected chi connectivity index (χ0v) is 18.4. The molecule has 1 N–H and O–H groups in total. The van der Waals surface area contributed by atoms with Crippen molar-refractivity contribution in [3.8, 4) is 5.75 Å². The molecule has 0 bridgehead atoms. The summed E-state index contributed by atoms with van der Waals surface area (Å²) in [7, 11) is 1.80. The van der Waals surface area contributed by atoms with Crippen LogP contribution in [0.15, 0.2) is 30.3 Å². The predicted octanol–water partition coefficient (Wildman–Crippen LogP) is 3.88. The van der Waals surface area contributed by atoms with E-state index in [0.29, 0.717) is 17.5 Å². The van der Waals surface area contributed by atoms with Crippen LogP contribution in [0.5, 0.6) is 5.75 Å². The summed E-state index contributed by atoms with van der Waals surface area (Å²) in [5.41, 5.74) is 2.81. The molecule has 6 heteroatoms. The topological polar surface area (TPSA) is 61.5 Å². The van der Waals surface area contributed by atoms with Crippen LogP contribution in [0.2, 0.25) is 0 Å². The molecule has 0 spiro atoms. The summed E-state index contributed by atoms with van der Waals surface area (Å²) in [5.74, 6) is 0.741. The van der Waals surface area contributed by atoms with Crippen molar-refractivity contribution >= 4 is 5.91 Å². The van der Waals surface area contributed by atoms with Crippen molar-refractivity contribution in [3.05, 3.63) is 47.3 Å². The molecule has 1 aliphatic heterocycles. The van der Waals surface area contributed by atoms with Gasteiger partial charge in [-0.15, -0.1) is 0 Å². The van der Waals surface area contributed by atoms with Crippen LogP contribution >= 0.6 is 0 Å². The van der Waals surface area contributed by atoms with Gasteiger partial charge in [-0.25, -0.2) is 0 Å². The molecule has 0 atom stereocenters. The van der Waals surface area contributed by atoms with Gasteiger partial charge in [-0.2, -0.15) is 5.10 Å². The van der Waals surface area contributed by atoms with E-state index in [-0.39, 0.29) is 12.0 Å². The van der Waals surface area contributed by atoms with Crippen molar-refractivity contribution in [1.82, 2.24) is 20.0 Å². The van der Waals surface area contributed by atoms with Crippen LogP contribution in [0.3, 0.4) is 0 Å². The molecule has 1 aromatic carbocycles. The molecule has 0 aliphatic carbocycles. The van der Waals surface area contributed by atoms with E-state index in [1.165, 1.54) is 0 Å². The SMILES string of the molecule is Cc1cc(CN(C)C(=O)c2cccc(OC3CCN(CC(C)(C)C)CC3)c2)n[nH]1. The fraction of sp³-hybridized carbons (Fsp3) is 0.565. The molecule has 1 fully saturated rings. The Kier molecular flexibility index (Phi) is 6.63. The maximum Gasteiger partial charge on any atom is 0.254 e. The molecule has 0 unspecified atom stereocenters. The van der Waals surface area contributed by atoms with E-state index >= 15 is 0 Å². The Hall–Kier alpha value is -2.34. The number of carbonyl (C=O) groups is 1. The minimum Gasteiger partial charge on any atom is -0.490 e.